The summed E-state index contributed by atoms with van der Waals surface area (Å²) in [6.45, 7) is 4.00. The lowest BCUT2D eigenvalue weighted by molar-refractivity contribution is -0.127. The molecule has 3 N–H and O–H groups in total. The molecule has 0 aromatic carbocycles. The number of hydrogen-bond acceptors (Lipinski definition) is 6. The molecule has 2 rings (SSSR count). The van der Waals surface area contributed by atoms with Crippen LogP contribution >= 0.6 is 0 Å². The van der Waals surface area contributed by atoms with E-state index in [9.17, 15) is 9.59 Å². The lowest BCUT2D eigenvalue weighted by Gasteiger charge is -2.26. The van der Waals surface area contributed by atoms with Gasteiger partial charge >= 0.3 is 0 Å². The summed E-state index contributed by atoms with van der Waals surface area (Å²) >= 11 is 0. The summed E-state index contributed by atoms with van der Waals surface area (Å²) in [5.74, 6) is 0.491. The number of rotatable bonds is 10. The first-order valence-electron chi connectivity index (χ1n) is 8.96. The van der Waals surface area contributed by atoms with Crippen LogP contribution in [-0.4, -0.2) is 46.2 Å². The number of nitrogens with one attached hydrogen (secondary N) is 1. The fourth-order valence-corrected chi connectivity index (χ4v) is 3.15. The minimum Gasteiger partial charge on any atom is -0.330 e. The smallest absolute Gasteiger partial charge is 0.160 e. The van der Waals surface area contributed by atoms with E-state index in [-0.39, 0.29) is 23.5 Å². The van der Waals surface area contributed by atoms with Crippen LogP contribution in [0.15, 0.2) is 6.20 Å². The van der Waals surface area contributed by atoms with E-state index < -0.39 is 0 Å². The zero-order valence-corrected chi connectivity index (χ0v) is 14.5. The van der Waals surface area contributed by atoms with Crippen molar-refractivity contribution < 1.29 is 9.59 Å². The Morgan fingerprint density at radius 2 is 2.12 bits per heavy atom. The van der Waals surface area contributed by atoms with E-state index in [1.807, 2.05) is 6.20 Å². The predicted molar refractivity (Wildman–Crippen MR) is 91.6 cm³/mol. The molecule has 0 unspecified atom stereocenters. The lowest BCUT2D eigenvalue weighted by atomic mass is 9.88. The first kappa shape index (κ1) is 18.7. The topological polar surface area (TPSA) is 103 Å². The molecule has 134 valence electrons. The quantitative estimate of drug-likeness (QED) is 0.619. The highest BCUT2D eigenvalue weighted by Gasteiger charge is 2.29. The fraction of sp³-hybridized carbons (Fsp3) is 0.765. The van der Waals surface area contributed by atoms with Crippen molar-refractivity contribution in [1.29, 1.82) is 0 Å². The molecule has 1 saturated heterocycles. The van der Waals surface area contributed by atoms with Crippen LogP contribution in [0, 0.1) is 5.92 Å². The van der Waals surface area contributed by atoms with Crippen LogP contribution in [0.1, 0.15) is 57.2 Å². The average molecular weight is 335 g/mol. The highest BCUT2D eigenvalue weighted by molar-refractivity contribution is 5.85. The third kappa shape index (κ3) is 5.49. The van der Waals surface area contributed by atoms with Gasteiger partial charge in [0.1, 0.15) is 11.8 Å². The van der Waals surface area contributed by atoms with Crippen molar-refractivity contribution in [3.05, 3.63) is 11.9 Å². The van der Waals surface area contributed by atoms with Gasteiger partial charge in [-0.3, -0.25) is 4.79 Å². The molecule has 1 aromatic heterocycles. The minimum absolute atomic E-state index is 0.0963. The summed E-state index contributed by atoms with van der Waals surface area (Å²) in [5, 5.41) is 11.6. The Bertz CT molecular complexity index is 537. The molecule has 2 heterocycles. The van der Waals surface area contributed by atoms with Gasteiger partial charge < -0.3 is 15.8 Å². The largest absolute Gasteiger partial charge is 0.330 e. The Morgan fingerprint density at radius 3 is 2.79 bits per heavy atom. The van der Waals surface area contributed by atoms with Crippen LogP contribution in [0.3, 0.4) is 0 Å². The van der Waals surface area contributed by atoms with Crippen molar-refractivity contribution >= 4 is 11.6 Å². The molecule has 0 radical (unpaired) electrons. The van der Waals surface area contributed by atoms with Gasteiger partial charge in [0.25, 0.3) is 0 Å². The zero-order chi connectivity index (χ0) is 17.4. The van der Waals surface area contributed by atoms with Gasteiger partial charge in [0.05, 0.1) is 5.69 Å². The van der Waals surface area contributed by atoms with E-state index >= 15 is 0 Å². The molecular weight excluding hydrogens is 306 g/mol. The second-order valence-corrected chi connectivity index (χ2v) is 6.62. The van der Waals surface area contributed by atoms with Gasteiger partial charge in [-0.2, -0.15) is 0 Å². The van der Waals surface area contributed by atoms with Crippen LogP contribution in [0.2, 0.25) is 0 Å². The number of unbranched alkanes of at least 4 members (excludes halogenated alkanes) is 1. The van der Waals surface area contributed by atoms with E-state index in [0.717, 1.165) is 50.9 Å². The Hall–Kier alpha value is -1.60. The van der Waals surface area contributed by atoms with E-state index in [4.69, 9.17) is 5.73 Å². The summed E-state index contributed by atoms with van der Waals surface area (Å²) in [5.41, 5.74) is 6.35. The summed E-state index contributed by atoms with van der Waals surface area (Å²) in [7, 11) is 0. The van der Waals surface area contributed by atoms with Gasteiger partial charge in [0.15, 0.2) is 5.78 Å². The molecule has 0 saturated carbocycles. The van der Waals surface area contributed by atoms with E-state index in [0.29, 0.717) is 19.4 Å². The maximum atomic E-state index is 13.0. The van der Waals surface area contributed by atoms with Gasteiger partial charge in [0, 0.05) is 18.5 Å². The Kier molecular flexibility index (Phi) is 7.52. The summed E-state index contributed by atoms with van der Waals surface area (Å²) in [4.78, 5) is 24.1. The molecule has 1 aliphatic heterocycles. The Labute approximate surface area is 143 Å². The maximum Gasteiger partial charge on any atom is 0.160 e. The zero-order valence-electron chi connectivity index (χ0n) is 14.5. The van der Waals surface area contributed by atoms with Crippen molar-refractivity contribution in [1.82, 2.24) is 20.3 Å². The number of Topliss-reactive ketones (excluding diaryl/α,β-unsaturated/α-hetero) is 2. The molecule has 7 nitrogen and oxygen atoms in total. The molecule has 1 fully saturated rings. The Morgan fingerprint density at radius 1 is 1.38 bits per heavy atom. The van der Waals surface area contributed by atoms with Gasteiger partial charge in [-0.25, -0.2) is 4.68 Å². The molecule has 0 aliphatic carbocycles. The molecule has 24 heavy (non-hydrogen) atoms. The lowest BCUT2D eigenvalue weighted by Crippen LogP contribution is -2.35. The standard InChI is InChI=1S/C17H29N5O2/c1-13(23)5-6-15-12-22(21-20-15)16(4-2-3-9-18)17(24)14-7-10-19-11-8-14/h12,14,16,19H,2-11,18H2,1H3/t16-/m0/s1. The normalized spacial score (nSPS) is 16.9. The number of aromatic nitrogens is 3. The molecule has 7 heteroatoms. The van der Waals surface area contributed by atoms with E-state index in [1.165, 1.54) is 0 Å². The van der Waals surface area contributed by atoms with Crippen LogP contribution in [-0.2, 0) is 16.0 Å². The van der Waals surface area contributed by atoms with Crippen molar-refractivity contribution in [3.63, 3.8) is 0 Å². The van der Waals surface area contributed by atoms with E-state index in [2.05, 4.69) is 15.6 Å². The second kappa shape index (κ2) is 9.64. The van der Waals surface area contributed by atoms with Gasteiger partial charge in [-0.15, -0.1) is 5.10 Å². The molecule has 0 spiro atoms. The number of aryl methyl sites for hydroxylation is 1. The van der Waals surface area contributed by atoms with Gasteiger partial charge in [-0.1, -0.05) is 5.21 Å². The number of piperidine rings is 1. The van der Waals surface area contributed by atoms with Crippen LogP contribution < -0.4 is 11.1 Å². The number of nitrogens with two attached hydrogens (primary N) is 1. The first-order chi connectivity index (χ1) is 11.6. The summed E-state index contributed by atoms with van der Waals surface area (Å²) in [6.07, 6.45) is 7.19. The third-order valence-corrected chi connectivity index (χ3v) is 4.61. The van der Waals surface area contributed by atoms with Crippen molar-refractivity contribution in [2.75, 3.05) is 19.6 Å². The molecule has 1 aromatic rings. The van der Waals surface area contributed by atoms with E-state index in [1.54, 1.807) is 11.6 Å². The predicted octanol–water partition coefficient (Wildman–Crippen LogP) is 1.04. The number of nitrogens with zero attached hydrogens (tertiary/aromatic N) is 3. The maximum absolute atomic E-state index is 13.0. The second-order valence-electron chi connectivity index (χ2n) is 6.62. The Balaban J connectivity index is 2.06. The van der Waals surface area contributed by atoms with Gasteiger partial charge in [-0.05, 0) is 65.1 Å². The highest BCUT2D eigenvalue weighted by atomic mass is 16.1. The monoisotopic (exact) mass is 335 g/mol. The summed E-state index contributed by atoms with van der Waals surface area (Å²) in [6, 6.07) is -0.266. The average Bonchev–Trinajstić information content (AvgIpc) is 3.06. The SMILES string of the molecule is CC(=O)CCc1cn([C@@H](CCCCN)C(=O)C2CCNCC2)nn1. The fourth-order valence-electron chi connectivity index (χ4n) is 3.15. The number of hydrogen-bond donors (Lipinski definition) is 2. The molecule has 1 atom stereocenters. The van der Waals surface area contributed by atoms with Crippen LogP contribution in [0.25, 0.3) is 0 Å². The highest BCUT2D eigenvalue weighted by Crippen LogP contribution is 2.24. The van der Waals surface area contributed by atoms with Crippen LogP contribution in [0.5, 0.6) is 0 Å². The molecule has 0 bridgehead atoms. The number of carbonyl (C=O) groups excluding carboxylic acids is 2. The molecule has 0 amide bonds. The van der Waals surface area contributed by atoms with Crippen molar-refractivity contribution in [2.45, 2.75) is 57.9 Å². The molecular formula is C17H29N5O2. The summed E-state index contributed by atoms with van der Waals surface area (Å²) < 4.78 is 1.70. The van der Waals surface area contributed by atoms with Crippen LogP contribution in [0.4, 0.5) is 0 Å². The molecule has 1 aliphatic rings. The van der Waals surface area contributed by atoms with Gasteiger partial charge in [0.2, 0.25) is 0 Å². The number of carbonyl (C=O) groups is 2. The van der Waals surface area contributed by atoms with Crippen molar-refractivity contribution in [2.24, 2.45) is 11.7 Å². The minimum atomic E-state index is -0.266. The third-order valence-electron chi connectivity index (χ3n) is 4.61. The first-order valence-corrected chi connectivity index (χ1v) is 8.96. The van der Waals surface area contributed by atoms with Crippen molar-refractivity contribution in [3.8, 4) is 0 Å². The number of ketones is 2.